The van der Waals surface area contributed by atoms with Gasteiger partial charge in [0.2, 0.25) is 15.9 Å². The first-order valence-electron chi connectivity index (χ1n) is 10.9. The van der Waals surface area contributed by atoms with Gasteiger partial charge in [0.15, 0.2) is 0 Å². The Morgan fingerprint density at radius 2 is 1.30 bits per heavy atom. The third-order valence-electron chi connectivity index (χ3n) is 6.28. The fraction of sp³-hybridized carbons (Fsp3) is 0.240. The highest BCUT2D eigenvalue weighted by Gasteiger charge is 2.47. The summed E-state index contributed by atoms with van der Waals surface area (Å²) in [5, 5.41) is -0.628. The number of nitrogens with zero attached hydrogens (tertiary/aromatic N) is 3. The molecule has 0 aromatic heterocycles. The summed E-state index contributed by atoms with van der Waals surface area (Å²) < 4.78 is 27.9. The van der Waals surface area contributed by atoms with Gasteiger partial charge in [0.25, 0.3) is 0 Å². The highest BCUT2D eigenvalue weighted by molar-refractivity contribution is 7.89. The SMILES string of the molecule is O=C1C(Cl)C(c2ccccc2)N1c1ccc(S(=O)(=O)N2CCN(c3ccccc3)CC2)cc1. The van der Waals surface area contributed by atoms with Crippen LogP contribution in [0.25, 0.3) is 0 Å². The van der Waals surface area contributed by atoms with Crippen LogP contribution in [0.4, 0.5) is 11.4 Å². The standard InChI is InChI=1S/C25H24ClN3O3S/c26-23-24(19-7-3-1-4-8-19)29(25(23)30)21-11-13-22(14-12-21)33(31,32)28-17-15-27(16-18-28)20-9-5-2-6-10-20/h1-14,23-24H,15-18H2. The molecule has 2 atom stereocenters. The van der Waals surface area contributed by atoms with Crippen LogP contribution in [-0.2, 0) is 14.8 Å². The van der Waals surface area contributed by atoms with Gasteiger partial charge >= 0.3 is 0 Å². The zero-order valence-electron chi connectivity index (χ0n) is 17.9. The number of sulfonamides is 1. The lowest BCUT2D eigenvalue weighted by Gasteiger charge is -2.44. The summed E-state index contributed by atoms with van der Waals surface area (Å²) in [6, 6.07) is 25.9. The van der Waals surface area contributed by atoms with Gasteiger partial charge in [-0.25, -0.2) is 8.42 Å². The van der Waals surface area contributed by atoms with Crippen molar-refractivity contribution in [2.45, 2.75) is 16.3 Å². The lowest BCUT2D eigenvalue weighted by molar-refractivity contribution is -0.123. The second-order valence-corrected chi connectivity index (χ2v) is 10.6. The quantitative estimate of drug-likeness (QED) is 0.409. The Hall–Kier alpha value is -2.87. The van der Waals surface area contributed by atoms with Gasteiger partial charge in [-0.3, -0.25) is 4.79 Å². The van der Waals surface area contributed by atoms with Crippen molar-refractivity contribution < 1.29 is 13.2 Å². The number of carbonyl (C=O) groups is 1. The molecule has 0 bridgehead atoms. The maximum Gasteiger partial charge on any atom is 0.248 e. The van der Waals surface area contributed by atoms with Crippen molar-refractivity contribution in [2.75, 3.05) is 36.0 Å². The molecule has 33 heavy (non-hydrogen) atoms. The molecule has 0 saturated carbocycles. The van der Waals surface area contributed by atoms with Gasteiger partial charge in [0.05, 0.1) is 10.9 Å². The van der Waals surface area contributed by atoms with Crippen LogP contribution in [0.2, 0.25) is 0 Å². The minimum absolute atomic E-state index is 0.182. The maximum absolute atomic E-state index is 13.2. The Morgan fingerprint density at radius 1 is 0.727 bits per heavy atom. The van der Waals surface area contributed by atoms with E-state index in [1.54, 1.807) is 29.2 Å². The summed E-state index contributed by atoms with van der Waals surface area (Å²) in [5.41, 5.74) is 2.69. The molecule has 3 aromatic carbocycles. The van der Waals surface area contributed by atoms with E-state index in [0.29, 0.717) is 31.9 Å². The molecule has 0 spiro atoms. The predicted molar refractivity (Wildman–Crippen MR) is 130 cm³/mol. The first kappa shape index (κ1) is 21.9. The molecule has 170 valence electrons. The summed E-state index contributed by atoms with van der Waals surface area (Å²) >= 11 is 6.31. The van der Waals surface area contributed by atoms with E-state index < -0.39 is 15.4 Å². The maximum atomic E-state index is 13.2. The van der Waals surface area contributed by atoms with E-state index >= 15 is 0 Å². The molecule has 0 aliphatic carbocycles. The van der Waals surface area contributed by atoms with E-state index in [1.807, 2.05) is 60.7 Å². The van der Waals surface area contributed by atoms with Crippen molar-refractivity contribution in [1.29, 1.82) is 0 Å². The zero-order valence-corrected chi connectivity index (χ0v) is 19.5. The second kappa shape index (κ2) is 8.82. The smallest absolute Gasteiger partial charge is 0.248 e. The highest BCUT2D eigenvalue weighted by Crippen LogP contribution is 2.42. The molecule has 2 heterocycles. The number of para-hydroxylation sites is 1. The van der Waals surface area contributed by atoms with Gasteiger partial charge in [-0.15, -0.1) is 11.6 Å². The number of rotatable bonds is 5. The van der Waals surface area contributed by atoms with Crippen LogP contribution in [0, 0.1) is 0 Å². The molecule has 0 radical (unpaired) electrons. The van der Waals surface area contributed by atoms with Gasteiger partial charge in [0.1, 0.15) is 5.38 Å². The van der Waals surface area contributed by atoms with E-state index in [-0.39, 0.29) is 16.8 Å². The van der Waals surface area contributed by atoms with Crippen LogP contribution in [0.1, 0.15) is 11.6 Å². The number of hydrogen-bond donors (Lipinski definition) is 0. The largest absolute Gasteiger partial charge is 0.369 e. The average molecular weight is 482 g/mol. The van der Waals surface area contributed by atoms with E-state index in [1.165, 1.54) is 4.31 Å². The highest BCUT2D eigenvalue weighted by atomic mass is 35.5. The van der Waals surface area contributed by atoms with Crippen LogP contribution in [0.15, 0.2) is 89.8 Å². The summed E-state index contributed by atoms with van der Waals surface area (Å²) in [6.07, 6.45) is 0. The second-order valence-electron chi connectivity index (χ2n) is 8.19. The number of piperazine rings is 1. The Balaban J connectivity index is 1.30. The van der Waals surface area contributed by atoms with Crippen molar-refractivity contribution in [2.24, 2.45) is 0 Å². The van der Waals surface area contributed by atoms with E-state index in [4.69, 9.17) is 11.6 Å². The number of alkyl halides is 1. The van der Waals surface area contributed by atoms with Gasteiger partial charge in [0, 0.05) is 37.6 Å². The van der Waals surface area contributed by atoms with E-state index in [9.17, 15) is 13.2 Å². The summed E-state index contributed by atoms with van der Waals surface area (Å²) in [7, 11) is -3.61. The summed E-state index contributed by atoms with van der Waals surface area (Å²) in [6.45, 7) is 2.13. The molecule has 6 nitrogen and oxygen atoms in total. The molecule has 0 N–H and O–H groups in total. The van der Waals surface area contributed by atoms with Crippen LogP contribution < -0.4 is 9.80 Å². The van der Waals surface area contributed by atoms with Gasteiger partial charge in [-0.05, 0) is 42.0 Å². The molecule has 8 heteroatoms. The fourth-order valence-electron chi connectivity index (χ4n) is 4.46. The van der Waals surface area contributed by atoms with Crippen LogP contribution in [0.5, 0.6) is 0 Å². The van der Waals surface area contributed by atoms with Crippen LogP contribution >= 0.6 is 11.6 Å². The molecular formula is C25H24ClN3O3S. The first-order chi connectivity index (χ1) is 16.0. The normalized spacial score (nSPS) is 21.7. The Morgan fingerprint density at radius 3 is 1.91 bits per heavy atom. The Kier molecular flexibility index (Phi) is 5.86. The van der Waals surface area contributed by atoms with Gasteiger partial charge < -0.3 is 9.80 Å². The number of anilines is 2. The molecule has 1 amide bonds. The van der Waals surface area contributed by atoms with Crippen molar-refractivity contribution in [3.05, 3.63) is 90.5 Å². The number of amides is 1. The number of benzene rings is 3. The predicted octanol–water partition coefficient (Wildman–Crippen LogP) is 3.89. The van der Waals surface area contributed by atoms with Crippen LogP contribution in [-0.4, -0.2) is 50.2 Å². The first-order valence-corrected chi connectivity index (χ1v) is 12.8. The van der Waals surface area contributed by atoms with Crippen molar-refractivity contribution in [3.8, 4) is 0 Å². The lowest BCUT2D eigenvalue weighted by Crippen LogP contribution is -2.56. The molecule has 2 unspecified atom stereocenters. The Bertz CT molecular complexity index is 1230. The van der Waals surface area contributed by atoms with Crippen molar-refractivity contribution in [3.63, 3.8) is 0 Å². The number of carbonyl (C=O) groups excluding carboxylic acids is 1. The van der Waals surface area contributed by atoms with E-state index in [0.717, 1.165) is 11.3 Å². The molecule has 3 aromatic rings. The third-order valence-corrected chi connectivity index (χ3v) is 8.62. The van der Waals surface area contributed by atoms with Gasteiger partial charge in [-0.2, -0.15) is 4.31 Å². The fourth-order valence-corrected chi connectivity index (χ4v) is 6.25. The molecule has 2 fully saturated rings. The zero-order chi connectivity index (χ0) is 23.0. The van der Waals surface area contributed by atoms with Crippen molar-refractivity contribution in [1.82, 2.24) is 4.31 Å². The molecule has 2 aliphatic rings. The summed E-state index contributed by atoms with van der Waals surface area (Å²) in [5.74, 6) is -0.182. The van der Waals surface area contributed by atoms with E-state index in [2.05, 4.69) is 4.90 Å². The third kappa shape index (κ3) is 4.01. The minimum Gasteiger partial charge on any atom is -0.369 e. The number of hydrogen-bond acceptors (Lipinski definition) is 4. The monoisotopic (exact) mass is 481 g/mol. The van der Waals surface area contributed by atoms with Gasteiger partial charge in [-0.1, -0.05) is 48.5 Å². The minimum atomic E-state index is -3.61. The molecule has 5 rings (SSSR count). The molecule has 2 aliphatic heterocycles. The molecular weight excluding hydrogens is 458 g/mol. The average Bonchev–Trinajstić information content (AvgIpc) is 2.88. The number of halogens is 1. The number of β-lactam (4-membered cyclic amide) rings is 1. The van der Waals surface area contributed by atoms with Crippen LogP contribution in [0.3, 0.4) is 0 Å². The Labute approximate surface area is 199 Å². The topological polar surface area (TPSA) is 60.9 Å². The lowest BCUT2D eigenvalue weighted by atomic mass is 9.92. The van der Waals surface area contributed by atoms with Crippen molar-refractivity contribution >= 4 is 38.9 Å². The summed E-state index contributed by atoms with van der Waals surface area (Å²) in [4.78, 5) is 16.5. The molecule has 2 saturated heterocycles.